The van der Waals surface area contributed by atoms with E-state index in [2.05, 4.69) is 114 Å². The van der Waals surface area contributed by atoms with Crippen molar-refractivity contribution in [2.75, 3.05) is 0 Å². The van der Waals surface area contributed by atoms with Gasteiger partial charge >= 0.3 is 0 Å². The molecule has 0 fully saturated rings. The molecule has 0 bridgehead atoms. The minimum absolute atomic E-state index is 0. The first-order valence-electron chi connectivity index (χ1n) is 11.5. The predicted molar refractivity (Wildman–Crippen MR) is 162 cm³/mol. The van der Waals surface area contributed by atoms with Crippen molar-refractivity contribution in [1.82, 2.24) is 0 Å². The Hall–Kier alpha value is -2.34. The lowest BCUT2D eigenvalue weighted by atomic mass is 10.2. The van der Waals surface area contributed by atoms with Gasteiger partial charge in [0.2, 0.25) is 0 Å². The lowest BCUT2D eigenvalue weighted by Crippen LogP contribution is -1.70. The maximum Gasteiger partial charge on any atom is -0.0398 e. The zero-order valence-electron chi connectivity index (χ0n) is 21.9. The van der Waals surface area contributed by atoms with Gasteiger partial charge in [-0.1, -0.05) is 170 Å². The second-order valence-corrected chi connectivity index (χ2v) is 6.46. The summed E-state index contributed by atoms with van der Waals surface area (Å²) in [5, 5.41) is 0. The van der Waals surface area contributed by atoms with Crippen molar-refractivity contribution < 1.29 is 0 Å². The Bertz CT molecular complexity index is 520. The van der Waals surface area contributed by atoms with Gasteiger partial charge in [-0.25, -0.2) is 0 Å². The largest absolute Gasteiger partial charge is 0.0776 e. The van der Waals surface area contributed by atoms with Crippen LogP contribution in [0.4, 0.5) is 0 Å². The van der Waals surface area contributed by atoms with Crippen molar-refractivity contribution in [2.45, 2.75) is 105 Å². The lowest BCUT2D eigenvalue weighted by Gasteiger charge is -1.90. The van der Waals surface area contributed by atoms with E-state index in [1.807, 2.05) is 41.5 Å². The van der Waals surface area contributed by atoms with Gasteiger partial charge < -0.3 is 0 Å². The summed E-state index contributed by atoms with van der Waals surface area (Å²) in [6.45, 7) is 24.6. The van der Waals surface area contributed by atoms with Gasteiger partial charge in [0.25, 0.3) is 0 Å². The third kappa shape index (κ3) is 29.7. The van der Waals surface area contributed by atoms with Gasteiger partial charge in [-0.2, -0.15) is 0 Å². The number of benzene rings is 3. The van der Waals surface area contributed by atoms with Gasteiger partial charge in [-0.15, -0.1) is 0 Å². The Labute approximate surface area is 211 Å². The normalized spacial score (nSPS) is 7.27. The van der Waals surface area contributed by atoms with Crippen LogP contribution in [0.3, 0.4) is 0 Å². The number of aryl methyl sites for hydroxylation is 6. The molecule has 0 amide bonds. The Morgan fingerprint density at radius 2 is 0.303 bits per heavy atom. The smallest absolute Gasteiger partial charge is 0.0398 e. The second kappa shape index (κ2) is 31.8. The molecule has 0 N–H and O–H groups in total. The number of hydrogen-bond donors (Lipinski definition) is 0. The summed E-state index contributed by atoms with van der Waals surface area (Å²) in [7, 11) is 0. The Kier molecular flexibility index (Phi) is 42.8. The fourth-order valence-electron chi connectivity index (χ4n) is 1.91. The van der Waals surface area contributed by atoms with Crippen molar-refractivity contribution >= 4 is 0 Å². The molecule has 0 nitrogen and oxygen atoms in total. The zero-order chi connectivity index (χ0) is 23.9. The number of hydrogen-bond acceptors (Lipinski definition) is 0. The average Bonchev–Trinajstić information content (AvgIpc) is 2.79. The fraction of sp³-hybridized carbons (Fsp3) is 0.455. The molecule has 0 unspecified atom stereocenters. The minimum Gasteiger partial charge on any atom is -0.0776 e. The van der Waals surface area contributed by atoms with E-state index in [1.165, 1.54) is 33.4 Å². The van der Waals surface area contributed by atoms with Crippen LogP contribution in [0, 0.1) is 41.5 Å². The Morgan fingerprint density at radius 3 is 0.364 bits per heavy atom. The van der Waals surface area contributed by atoms with Crippen LogP contribution in [0.15, 0.2) is 72.8 Å². The fourth-order valence-corrected chi connectivity index (χ4v) is 1.91. The second-order valence-electron chi connectivity index (χ2n) is 6.46. The third-order valence-corrected chi connectivity index (χ3v) is 3.65. The van der Waals surface area contributed by atoms with Gasteiger partial charge in [0, 0.05) is 0 Å². The van der Waals surface area contributed by atoms with Crippen LogP contribution in [0.1, 0.15) is 97.2 Å². The van der Waals surface area contributed by atoms with Gasteiger partial charge in [0.1, 0.15) is 0 Å². The SMILES string of the molecule is C.C.C.CC.CC.CC.Cc1ccc(C)cc1.Cc1ccc(C)cc1.Cc1ccc(C)cc1. The van der Waals surface area contributed by atoms with Crippen LogP contribution in [0.5, 0.6) is 0 Å². The lowest BCUT2D eigenvalue weighted by molar-refractivity contribution is 1.40. The van der Waals surface area contributed by atoms with Crippen LogP contribution in [0.2, 0.25) is 0 Å². The van der Waals surface area contributed by atoms with Crippen molar-refractivity contribution in [1.29, 1.82) is 0 Å². The molecule has 0 atom stereocenters. The standard InChI is InChI=1S/3C8H10.3C2H6.3CH4/c3*1-7-3-5-8(2)6-4-7;3*1-2;;;/h3*3-6H,1-2H3;3*1-2H3;3*1H4. The van der Waals surface area contributed by atoms with Crippen LogP contribution >= 0.6 is 0 Å². The van der Waals surface area contributed by atoms with E-state index >= 15 is 0 Å². The molecule has 0 heteroatoms. The van der Waals surface area contributed by atoms with Crippen molar-refractivity contribution in [3.63, 3.8) is 0 Å². The van der Waals surface area contributed by atoms with Crippen LogP contribution < -0.4 is 0 Å². The first-order valence-corrected chi connectivity index (χ1v) is 11.5. The molecule has 0 saturated heterocycles. The minimum atomic E-state index is 0. The number of rotatable bonds is 0. The quantitative estimate of drug-likeness (QED) is 0.315. The van der Waals surface area contributed by atoms with E-state index < -0.39 is 0 Å². The average molecular weight is 457 g/mol. The molecular weight excluding hydrogens is 396 g/mol. The molecule has 33 heavy (non-hydrogen) atoms. The summed E-state index contributed by atoms with van der Waals surface area (Å²) in [5.41, 5.74) is 7.98. The predicted octanol–water partition coefficient (Wildman–Crippen LogP) is 11.9. The molecule has 0 aliphatic rings. The molecule has 0 aromatic heterocycles. The monoisotopic (exact) mass is 456 g/mol. The van der Waals surface area contributed by atoms with Gasteiger partial charge in [0.15, 0.2) is 0 Å². The summed E-state index contributed by atoms with van der Waals surface area (Å²) in [5.74, 6) is 0. The molecule has 0 radical (unpaired) electrons. The molecular formula is C33H60. The molecule has 0 spiro atoms. The van der Waals surface area contributed by atoms with Crippen LogP contribution in [-0.4, -0.2) is 0 Å². The van der Waals surface area contributed by atoms with E-state index in [0.717, 1.165) is 0 Å². The molecule has 0 aliphatic heterocycles. The van der Waals surface area contributed by atoms with E-state index in [0.29, 0.717) is 0 Å². The highest BCUT2D eigenvalue weighted by molar-refractivity contribution is 5.20. The van der Waals surface area contributed by atoms with Gasteiger partial charge in [0.05, 0.1) is 0 Å². The maximum atomic E-state index is 2.12. The van der Waals surface area contributed by atoms with Crippen molar-refractivity contribution in [3.05, 3.63) is 106 Å². The molecule has 0 heterocycles. The van der Waals surface area contributed by atoms with Gasteiger partial charge in [-0.05, 0) is 41.5 Å². The summed E-state index contributed by atoms with van der Waals surface area (Å²) in [4.78, 5) is 0. The summed E-state index contributed by atoms with van der Waals surface area (Å²) < 4.78 is 0. The van der Waals surface area contributed by atoms with Crippen molar-refractivity contribution in [3.8, 4) is 0 Å². The topological polar surface area (TPSA) is 0 Å². The third-order valence-electron chi connectivity index (χ3n) is 3.65. The Balaban J connectivity index is -0.0000000713. The highest BCUT2D eigenvalue weighted by atomic mass is 13.9. The molecule has 0 saturated carbocycles. The van der Waals surface area contributed by atoms with E-state index in [4.69, 9.17) is 0 Å². The highest BCUT2D eigenvalue weighted by Gasteiger charge is 1.81. The summed E-state index contributed by atoms with van der Waals surface area (Å²) in [6.07, 6.45) is 0. The van der Waals surface area contributed by atoms with Crippen LogP contribution in [0.25, 0.3) is 0 Å². The van der Waals surface area contributed by atoms with Gasteiger partial charge in [-0.3, -0.25) is 0 Å². The maximum absolute atomic E-state index is 2.12. The van der Waals surface area contributed by atoms with Crippen molar-refractivity contribution in [2.24, 2.45) is 0 Å². The molecule has 3 aromatic carbocycles. The molecule has 3 rings (SSSR count). The highest BCUT2D eigenvalue weighted by Crippen LogP contribution is 2.00. The Morgan fingerprint density at radius 1 is 0.242 bits per heavy atom. The summed E-state index contributed by atoms with van der Waals surface area (Å²) in [6, 6.07) is 25.4. The first kappa shape index (κ1) is 44.4. The van der Waals surface area contributed by atoms with E-state index in [9.17, 15) is 0 Å². The molecule has 3 aromatic rings. The molecule has 192 valence electrons. The molecule has 0 aliphatic carbocycles. The van der Waals surface area contributed by atoms with Crippen LogP contribution in [-0.2, 0) is 0 Å². The summed E-state index contributed by atoms with van der Waals surface area (Å²) >= 11 is 0. The zero-order valence-corrected chi connectivity index (χ0v) is 21.9. The van der Waals surface area contributed by atoms with E-state index in [1.54, 1.807) is 0 Å². The first-order chi connectivity index (χ1) is 14.4. The van der Waals surface area contributed by atoms with E-state index in [-0.39, 0.29) is 22.3 Å².